The van der Waals surface area contributed by atoms with Gasteiger partial charge in [0.25, 0.3) is 0 Å². The van der Waals surface area contributed by atoms with Gasteiger partial charge in [0.1, 0.15) is 0 Å². The lowest BCUT2D eigenvalue weighted by Crippen LogP contribution is -2.65. The molecule has 39 heavy (non-hydrogen) atoms. The summed E-state index contributed by atoms with van der Waals surface area (Å²) in [4.78, 5) is 27.9. The Labute approximate surface area is 228 Å². The van der Waals surface area contributed by atoms with E-state index in [4.69, 9.17) is 0 Å². The molecule has 0 unspecified atom stereocenters. The second kappa shape index (κ2) is 10.7. The zero-order chi connectivity index (χ0) is 28.6. The van der Waals surface area contributed by atoms with E-state index in [9.17, 15) is 27.9 Å². The summed E-state index contributed by atoms with van der Waals surface area (Å²) in [5, 5.41) is 16.6. The van der Waals surface area contributed by atoms with Gasteiger partial charge >= 0.3 is 12.3 Å². The largest absolute Gasteiger partial charge is 0.465 e. The zero-order valence-corrected chi connectivity index (χ0v) is 23.0. The van der Waals surface area contributed by atoms with Crippen LogP contribution in [-0.4, -0.2) is 34.6 Å². The Morgan fingerprint density at radius 3 is 2.13 bits per heavy atom. The van der Waals surface area contributed by atoms with E-state index in [1.165, 1.54) is 36.8 Å². The average molecular weight is 546 g/mol. The maximum absolute atomic E-state index is 13.9. The number of carbonyl (C=O) groups is 2. The van der Waals surface area contributed by atoms with Crippen LogP contribution in [0.25, 0.3) is 0 Å². The number of nitrogens with zero attached hydrogens (tertiary/aromatic N) is 1. The monoisotopic (exact) mass is 545 g/mol. The fourth-order valence-corrected chi connectivity index (χ4v) is 6.67. The number of hydrogen-bond acceptors (Lipinski definition) is 3. The van der Waals surface area contributed by atoms with Crippen LogP contribution in [0.3, 0.4) is 0 Å². The van der Waals surface area contributed by atoms with Gasteiger partial charge in [-0.3, -0.25) is 9.69 Å². The van der Waals surface area contributed by atoms with E-state index < -0.39 is 40.6 Å². The van der Waals surface area contributed by atoms with Crippen LogP contribution in [0.1, 0.15) is 76.0 Å². The van der Waals surface area contributed by atoms with Crippen molar-refractivity contribution in [3.63, 3.8) is 0 Å². The molecule has 0 radical (unpaired) electrons. The minimum Gasteiger partial charge on any atom is -0.465 e. The van der Waals surface area contributed by atoms with E-state index in [1.807, 2.05) is 45.0 Å². The number of nitrogens with one attached hydrogen (secondary N) is 2. The fraction of sp³-hybridized carbons (Fsp3) is 0.533. The number of likely N-dealkylation sites (tertiary alicyclic amines) is 1. The van der Waals surface area contributed by atoms with Crippen LogP contribution < -0.4 is 10.6 Å². The van der Waals surface area contributed by atoms with Gasteiger partial charge in [0.2, 0.25) is 5.91 Å². The van der Waals surface area contributed by atoms with Crippen LogP contribution >= 0.6 is 0 Å². The van der Waals surface area contributed by atoms with Crippen molar-refractivity contribution in [2.24, 2.45) is 11.3 Å². The number of amides is 2. The Balaban J connectivity index is 1.75. The number of piperidine rings is 1. The maximum Gasteiger partial charge on any atom is 0.416 e. The highest BCUT2D eigenvalue weighted by Gasteiger charge is 2.59. The van der Waals surface area contributed by atoms with Crippen LogP contribution in [0.15, 0.2) is 42.5 Å². The van der Waals surface area contributed by atoms with E-state index in [1.54, 1.807) is 0 Å². The van der Waals surface area contributed by atoms with E-state index >= 15 is 0 Å². The summed E-state index contributed by atoms with van der Waals surface area (Å²) < 4.78 is 40.6. The second-order valence-corrected chi connectivity index (χ2v) is 11.9. The fourth-order valence-electron chi connectivity index (χ4n) is 6.67. The molecule has 2 atom stereocenters. The molecule has 2 aromatic rings. The summed E-state index contributed by atoms with van der Waals surface area (Å²) in [6, 6.07) is 11.8. The van der Waals surface area contributed by atoms with Gasteiger partial charge in [-0.1, -0.05) is 51.8 Å². The van der Waals surface area contributed by atoms with Crippen molar-refractivity contribution >= 4 is 23.4 Å². The van der Waals surface area contributed by atoms with E-state index in [0.29, 0.717) is 24.4 Å². The first kappa shape index (κ1) is 28.8. The Bertz CT molecular complexity index is 1200. The molecule has 2 amide bonds. The minimum absolute atomic E-state index is 0.0318. The van der Waals surface area contributed by atoms with Gasteiger partial charge in [0.05, 0.1) is 17.0 Å². The third-order valence-corrected chi connectivity index (χ3v) is 8.36. The number of alkyl halides is 3. The smallest absolute Gasteiger partial charge is 0.416 e. The van der Waals surface area contributed by atoms with Crippen LogP contribution in [0.2, 0.25) is 0 Å². The Kier molecular flexibility index (Phi) is 7.92. The summed E-state index contributed by atoms with van der Waals surface area (Å²) in [7, 11) is 0. The van der Waals surface area contributed by atoms with Crippen molar-refractivity contribution in [1.82, 2.24) is 4.90 Å². The summed E-state index contributed by atoms with van der Waals surface area (Å²) in [6.45, 7) is 7.35. The SMILES string of the molecule is Cc1ccc(NC(=O)[C@H]2CCCN(C(=O)O)[C@@]2(c2ccc(NC3CCCC3)cc2)C(C)(C)C)cc1C(F)(F)F. The molecule has 1 aliphatic carbocycles. The highest BCUT2D eigenvalue weighted by Crippen LogP contribution is 2.54. The molecule has 9 heteroatoms. The molecule has 1 heterocycles. The lowest BCUT2D eigenvalue weighted by Gasteiger charge is -2.57. The van der Waals surface area contributed by atoms with E-state index in [-0.39, 0.29) is 17.8 Å². The van der Waals surface area contributed by atoms with Crippen LogP contribution in [0.5, 0.6) is 0 Å². The van der Waals surface area contributed by atoms with Gasteiger partial charge in [0.15, 0.2) is 0 Å². The Morgan fingerprint density at radius 1 is 0.949 bits per heavy atom. The number of hydrogen-bond donors (Lipinski definition) is 3. The summed E-state index contributed by atoms with van der Waals surface area (Å²) >= 11 is 0. The van der Waals surface area contributed by atoms with Crippen molar-refractivity contribution in [3.8, 4) is 0 Å². The highest BCUT2D eigenvalue weighted by atomic mass is 19.4. The van der Waals surface area contributed by atoms with E-state index in [0.717, 1.165) is 24.6 Å². The number of halogens is 3. The summed E-state index contributed by atoms with van der Waals surface area (Å²) in [6.07, 6.45) is -0.227. The first-order chi connectivity index (χ1) is 18.2. The predicted molar refractivity (Wildman–Crippen MR) is 146 cm³/mol. The predicted octanol–water partition coefficient (Wildman–Crippen LogP) is 7.64. The number of benzene rings is 2. The molecular weight excluding hydrogens is 507 g/mol. The zero-order valence-electron chi connectivity index (χ0n) is 23.0. The molecule has 0 aromatic heterocycles. The number of carboxylic acid groups (broad SMARTS) is 1. The van der Waals surface area contributed by atoms with Crippen molar-refractivity contribution < 1.29 is 27.9 Å². The van der Waals surface area contributed by atoms with Crippen LogP contribution in [0, 0.1) is 18.3 Å². The third kappa shape index (κ3) is 5.58. The second-order valence-electron chi connectivity index (χ2n) is 11.9. The Hall–Kier alpha value is -3.23. The first-order valence-electron chi connectivity index (χ1n) is 13.6. The minimum atomic E-state index is -4.56. The van der Waals surface area contributed by atoms with Crippen LogP contribution in [0.4, 0.5) is 29.3 Å². The molecule has 2 aromatic carbocycles. The van der Waals surface area contributed by atoms with Gasteiger partial charge in [-0.15, -0.1) is 0 Å². The van der Waals surface area contributed by atoms with Gasteiger partial charge < -0.3 is 15.7 Å². The normalized spacial score (nSPS) is 22.5. The lowest BCUT2D eigenvalue weighted by molar-refractivity contribution is -0.138. The molecule has 2 aliphatic rings. The number of rotatable bonds is 5. The molecule has 6 nitrogen and oxygen atoms in total. The molecule has 0 bridgehead atoms. The molecule has 2 fully saturated rings. The molecule has 3 N–H and O–H groups in total. The summed E-state index contributed by atoms with van der Waals surface area (Å²) in [5.74, 6) is -1.33. The lowest BCUT2D eigenvalue weighted by atomic mass is 9.58. The van der Waals surface area contributed by atoms with Crippen LogP contribution in [-0.2, 0) is 16.5 Å². The topological polar surface area (TPSA) is 81.7 Å². The van der Waals surface area contributed by atoms with E-state index in [2.05, 4.69) is 10.6 Å². The maximum atomic E-state index is 13.9. The molecule has 212 valence electrons. The molecular formula is C30H38F3N3O3. The average Bonchev–Trinajstić information content (AvgIpc) is 3.36. The van der Waals surface area contributed by atoms with Crippen molar-refractivity contribution in [2.75, 3.05) is 17.2 Å². The third-order valence-electron chi connectivity index (χ3n) is 8.36. The molecule has 1 aliphatic heterocycles. The standard InChI is InChI=1S/C30H38F3N3O3/c1-19-11-14-23(18-25(19)30(31,32)33)35-26(37)24-10-7-17-36(27(38)39)29(24,28(2,3)4)20-12-15-22(16-13-20)34-21-8-5-6-9-21/h11-16,18,21,24,34H,5-10,17H2,1-4H3,(H,35,37)(H,38,39)/t24-,29-/m1/s1. The van der Waals surface area contributed by atoms with Gasteiger partial charge in [-0.05, 0) is 73.4 Å². The number of aryl methyl sites for hydroxylation is 1. The highest BCUT2D eigenvalue weighted by molar-refractivity contribution is 5.94. The van der Waals surface area contributed by atoms with Crippen molar-refractivity contribution in [3.05, 3.63) is 59.2 Å². The van der Waals surface area contributed by atoms with Gasteiger partial charge in [-0.2, -0.15) is 13.2 Å². The Morgan fingerprint density at radius 2 is 1.56 bits per heavy atom. The van der Waals surface area contributed by atoms with Crippen molar-refractivity contribution in [2.45, 2.75) is 84.0 Å². The quantitative estimate of drug-likeness (QED) is 0.361. The summed E-state index contributed by atoms with van der Waals surface area (Å²) in [5.41, 5.74) is -1.07. The van der Waals surface area contributed by atoms with Crippen molar-refractivity contribution in [1.29, 1.82) is 0 Å². The van der Waals surface area contributed by atoms with Gasteiger partial charge in [-0.25, -0.2) is 4.79 Å². The molecule has 1 saturated carbocycles. The number of carbonyl (C=O) groups excluding carboxylic acids is 1. The van der Waals surface area contributed by atoms with Gasteiger partial charge in [0, 0.05) is 24.0 Å². The number of anilines is 2. The molecule has 0 spiro atoms. The molecule has 1 saturated heterocycles. The molecule has 4 rings (SSSR count). The first-order valence-corrected chi connectivity index (χ1v) is 13.6.